The first-order valence-electron chi connectivity index (χ1n) is 10.9. The number of fused-ring (bicyclic) bond motifs is 2. The first-order valence-corrected chi connectivity index (χ1v) is 10.9. The molecule has 0 N–H and O–H groups in total. The van der Waals surface area contributed by atoms with Gasteiger partial charge in [-0.2, -0.15) is 0 Å². The summed E-state index contributed by atoms with van der Waals surface area (Å²) in [4.78, 5) is 7.74. The second-order valence-corrected chi connectivity index (χ2v) is 8.18. The van der Waals surface area contributed by atoms with Gasteiger partial charge in [0.2, 0.25) is 0 Å². The zero-order valence-electron chi connectivity index (χ0n) is 18.3. The van der Waals surface area contributed by atoms with E-state index in [1.165, 1.54) is 22.4 Å². The van der Waals surface area contributed by atoms with E-state index in [0.717, 1.165) is 22.6 Å². The fraction of sp³-hybridized carbons (Fsp3) is 0.0690. The van der Waals surface area contributed by atoms with Crippen molar-refractivity contribution in [3.05, 3.63) is 127 Å². The van der Waals surface area contributed by atoms with E-state index in [9.17, 15) is 0 Å². The standard InChI is InChI=1S/C29H23N3.BrH/c1-31-26-18-9-8-17-24(26)27(28(31)22-14-6-3-7-15-22)30-29-25(21-12-4-2-5-13-21)20-23-16-10-11-19-32(23)29;/h2-20,28H,1H3;1H. The van der Waals surface area contributed by atoms with Gasteiger partial charge in [0.25, 0.3) is 0 Å². The first-order chi connectivity index (χ1) is 15.8. The molecular weight excluding hydrogens is 470 g/mol. The number of anilines is 1. The number of nitrogens with zero attached hydrogens (tertiary/aromatic N) is 3. The van der Waals surface area contributed by atoms with Crippen LogP contribution in [0.2, 0.25) is 0 Å². The fourth-order valence-corrected chi connectivity index (χ4v) is 4.77. The van der Waals surface area contributed by atoms with Crippen LogP contribution in [0.3, 0.4) is 0 Å². The second kappa shape index (κ2) is 8.72. The van der Waals surface area contributed by atoms with E-state index in [4.69, 9.17) is 4.99 Å². The third-order valence-corrected chi connectivity index (χ3v) is 6.29. The number of aliphatic imine (C=N–C) groups is 1. The zero-order valence-corrected chi connectivity index (χ0v) is 20.0. The normalized spacial score (nSPS) is 16.1. The lowest BCUT2D eigenvalue weighted by Gasteiger charge is -2.23. The van der Waals surface area contributed by atoms with Gasteiger partial charge >= 0.3 is 0 Å². The number of para-hydroxylation sites is 1. The quantitative estimate of drug-likeness (QED) is 0.254. The maximum Gasteiger partial charge on any atom is 0.145 e. The Hall–Kier alpha value is -3.63. The van der Waals surface area contributed by atoms with Gasteiger partial charge in [-0.1, -0.05) is 84.9 Å². The van der Waals surface area contributed by atoms with Crippen molar-refractivity contribution in [2.24, 2.45) is 4.99 Å². The second-order valence-electron chi connectivity index (χ2n) is 8.18. The number of hydrogen-bond donors (Lipinski definition) is 0. The van der Waals surface area contributed by atoms with Crippen molar-refractivity contribution in [1.29, 1.82) is 0 Å². The summed E-state index contributed by atoms with van der Waals surface area (Å²) in [6, 6.07) is 38.3. The van der Waals surface area contributed by atoms with E-state index in [1.54, 1.807) is 0 Å². The van der Waals surface area contributed by atoms with E-state index in [0.29, 0.717) is 0 Å². The van der Waals surface area contributed by atoms with Crippen LogP contribution in [-0.4, -0.2) is 17.2 Å². The Morgan fingerprint density at radius 2 is 1.36 bits per heavy atom. The molecule has 0 bridgehead atoms. The SMILES string of the molecule is Br.CN1c2ccccc2C(=Nc2c(-c3ccccc3)cc3ccccn23)C1c1ccccc1. The van der Waals surface area contributed by atoms with Gasteiger partial charge < -0.3 is 9.30 Å². The maximum atomic E-state index is 5.41. The van der Waals surface area contributed by atoms with E-state index >= 15 is 0 Å². The number of likely N-dealkylation sites (N-methyl/N-ethyl adjacent to an activating group) is 1. The van der Waals surface area contributed by atoms with Crippen molar-refractivity contribution in [2.75, 3.05) is 11.9 Å². The minimum Gasteiger partial charge on any atom is -0.361 e. The molecular formula is C29H24BrN3. The van der Waals surface area contributed by atoms with E-state index < -0.39 is 0 Å². The van der Waals surface area contributed by atoms with Crippen LogP contribution >= 0.6 is 17.0 Å². The molecule has 0 spiro atoms. The van der Waals surface area contributed by atoms with Gasteiger partial charge in [-0.15, -0.1) is 17.0 Å². The van der Waals surface area contributed by atoms with Crippen LogP contribution < -0.4 is 4.90 Å². The Morgan fingerprint density at radius 3 is 2.15 bits per heavy atom. The molecule has 33 heavy (non-hydrogen) atoms. The smallest absolute Gasteiger partial charge is 0.145 e. The van der Waals surface area contributed by atoms with Gasteiger partial charge in [0.05, 0.1) is 11.8 Å². The van der Waals surface area contributed by atoms with Crippen molar-refractivity contribution >= 4 is 39.7 Å². The lowest BCUT2D eigenvalue weighted by Crippen LogP contribution is -2.23. The number of aromatic nitrogens is 1. The summed E-state index contributed by atoms with van der Waals surface area (Å²) in [5.41, 5.74) is 8.18. The van der Waals surface area contributed by atoms with Gasteiger partial charge in [-0.25, -0.2) is 4.99 Å². The summed E-state index contributed by atoms with van der Waals surface area (Å²) >= 11 is 0. The Balaban J connectivity index is 0.00000228. The predicted octanol–water partition coefficient (Wildman–Crippen LogP) is 7.50. The summed E-state index contributed by atoms with van der Waals surface area (Å²) in [6.45, 7) is 0. The van der Waals surface area contributed by atoms with Gasteiger partial charge in [0.15, 0.2) is 0 Å². The number of pyridine rings is 1. The molecule has 3 nitrogen and oxygen atoms in total. The molecule has 3 heterocycles. The highest BCUT2D eigenvalue weighted by Gasteiger charge is 2.34. The number of benzene rings is 3. The van der Waals surface area contributed by atoms with Crippen LogP contribution in [0.5, 0.6) is 0 Å². The van der Waals surface area contributed by atoms with Gasteiger partial charge in [0, 0.05) is 35.6 Å². The van der Waals surface area contributed by atoms with Crippen molar-refractivity contribution in [1.82, 2.24) is 4.40 Å². The highest BCUT2D eigenvalue weighted by Crippen LogP contribution is 2.42. The van der Waals surface area contributed by atoms with Crippen LogP contribution in [0, 0.1) is 0 Å². The van der Waals surface area contributed by atoms with E-state index in [2.05, 4.69) is 132 Å². The minimum absolute atomic E-state index is 0. The molecule has 6 rings (SSSR count). The fourth-order valence-electron chi connectivity index (χ4n) is 4.77. The van der Waals surface area contributed by atoms with Crippen molar-refractivity contribution in [2.45, 2.75) is 6.04 Å². The van der Waals surface area contributed by atoms with Crippen LogP contribution in [-0.2, 0) is 0 Å². The Bertz CT molecular complexity index is 1440. The molecule has 1 atom stereocenters. The van der Waals surface area contributed by atoms with Crippen LogP contribution in [0.4, 0.5) is 11.5 Å². The molecule has 0 aliphatic carbocycles. The number of hydrogen-bond acceptors (Lipinski definition) is 2. The van der Waals surface area contributed by atoms with Crippen molar-refractivity contribution < 1.29 is 0 Å². The average Bonchev–Trinajstić information content (AvgIpc) is 3.36. The molecule has 4 heteroatoms. The number of halogens is 1. The van der Waals surface area contributed by atoms with Crippen LogP contribution in [0.25, 0.3) is 16.6 Å². The van der Waals surface area contributed by atoms with E-state index in [-0.39, 0.29) is 23.0 Å². The third-order valence-electron chi connectivity index (χ3n) is 6.29. The molecule has 2 aromatic heterocycles. The minimum atomic E-state index is 0. The predicted molar refractivity (Wildman–Crippen MR) is 143 cm³/mol. The highest BCUT2D eigenvalue weighted by atomic mass is 79.9. The summed E-state index contributed by atoms with van der Waals surface area (Å²) in [5, 5.41) is 0. The highest BCUT2D eigenvalue weighted by molar-refractivity contribution is 8.93. The third kappa shape index (κ3) is 3.57. The largest absolute Gasteiger partial charge is 0.361 e. The molecule has 3 aromatic carbocycles. The summed E-state index contributed by atoms with van der Waals surface area (Å²) in [6.07, 6.45) is 2.10. The zero-order chi connectivity index (χ0) is 21.5. The van der Waals surface area contributed by atoms with Gasteiger partial charge in [-0.05, 0) is 35.4 Å². The molecule has 0 fully saturated rings. The van der Waals surface area contributed by atoms with Crippen LogP contribution in [0.15, 0.2) is 120 Å². The van der Waals surface area contributed by atoms with Gasteiger partial charge in [0.1, 0.15) is 5.82 Å². The molecule has 0 radical (unpaired) electrons. The molecule has 1 unspecified atom stereocenters. The molecule has 1 aliphatic heterocycles. The lowest BCUT2D eigenvalue weighted by molar-refractivity contribution is 0.875. The topological polar surface area (TPSA) is 20.0 Å². The van der Waals surface area contributed by atoms with Gasteiger partial charge in [-0.3, -0.25) is 0 Å². The summed E-state index contributed by atoms with van der Waals surface area (Å²) in [7, 11) is 2.16. The molecule has 5 aromatic rings. The summed E-state index contributed by atoms with van der Waals surface area (Å²) < 4.78 is 2.19. The lowest BCUT2D eigenvalue weighted by atomic mass is 10.00. The molecule has 0 saturated heterocycles. The molecule has 162 valence electrons. The molecule has 0 amide bonds. The Labute approximate surface area is 204 Å². The van der Waals surface area contributed by atoms with E-state index in [1.807, 2.05) is 0 Å². The molecule has 1 aliphatic rings. The van der Waals surface area contributed by atoms with Crippen molar-refractivity contribution in [3.63, 3.8) is 0 Å². The van der Waals surface area contributed by atoms with Crippen molar-refractivity contribution in [3.8, 4) is 11.1 Å². The Kier molecular flexibility index (Phi) is 5.61. The number of rotatable bonds is 3. The Morgan fingerprint density at radius 1 is 0.697 bits per heavy atom. The van der Waals surface area contributed by atoms with Crippen LogP contribution in [0.1, 0.15) is 17.2 Å². The first kappa shape index (κ1) is 21.2. The molecule has 0 saturated carbocycles. The maximum absolute atomic E-state index is 5.41. The average molecular weight is 494 g/mol. The monoisotopic (exact) mass is 493 g/mol. The summed E-state index contributed by atoms with van der Waals surface area (Å²) in [5.74, 6) is 0.966.